The highest BCUT2D eigenvalue weighted by Gasteiger charge is 2.31. The second kappa shape index (κ2) is 9.20. The van der Waals surface area contributed by atoms with Crippen LogP contribution in [0.2, 0.25) is 0 Å². The molecular weight excluding hydrogens is 398 g/mol. The molecule has 0 bridgehead atoms. The van der Waals surface area contributed by atoms with Gasteiger partial charge in [-0.25, -0.2) is 8.42 Å². The fraction of sp³-hybridized carbons (Fsp3) is 0.368. The molecule has 2 rings (SSSR count). The number of hydrogen-bond donors (Lipinski definition) is 2. The number of thiophene rings is 1. The molecule has 0 unspecified atom stereocenters. The van der Waals surface area contributed by atoms with Crippen LogP contribution in [0, 0.1) is 0 Å². The van der Waals surface area contributed by atoms with Crippen LogP contribution < -0.4 is 15.5 Å². The zero-order chi connectivity index (χ0) is 20.9. The zero-order valence-corrected chi connectivity index (χ0v) is 17.9. The maximum Gasteiger partial charge on any atom is 0.309 e. The third-order valence-corrected chi connectivity index (χ3v) is 7.54. The van der Waals surface area contributed by atoms with Crippen molar-refractivity contribution in [2.75, 3.05) is 25.5 Å². The van der Waals surface area contributed by atoms with Gasteiger partial charge in [0.1, 0.15) is 9.46 Å². The van der Waals surface area contributed by atoms with Gasteiger partial charge in [0.05, 0.1) is 0 Å². The van der Waals surface area contributed by atoms with E-state index in [0.29, 0.717) is 5.56 Å². The second-order valence-corrected chi connectivity index (χ2v) is 10.1. The average molecular weight is 424 g/mol. The van der Waals surface area contributed by atoms with Crippen molar-refractivity contribution in [3.8, 4) is 0 Å². The molecule has 0 spiro atoms. The van der Waals surface area contributed by atoms with Gasteiger partial charge in [-0.05, 0) is 43.0 Å². The molecule has 0 fully saturated rings. The number of sulfone groups is 1. The Balaban J connectivity index is 2.29. The Kier molecular flexibility index (Phi) is 7.20. The van der Waals surface area contributed by atoms with Crippen molar-refractivity contribution in [1.29, 1.82) is 0 Å². The summed E-state index contributed by atoms with van der Waals surface area (Å²) in [7, 11) is 0.0528. The lowest BCUT2D eigenvalue weighted by Crippen LogP contribution is -2.44. The zero-order valence-electron chi connectivity index (χ0n) is 16.3. The van der Waals surface area contributed by atoms with Crippen molar-refractivity contribution < 1.29 is 18.0 Å². The summed E-state index contributed by atoms with van der Waals surface area (Å²) in [6, 6.07) is 10.1. The quantitative estimate of drug-likeness (QED) is 0.664. The van der Waals surface area contributed by atoms with Crippen LogP contribution in [0.25, 0.3) is 0 Å². The molecule has 2 N–H and O–H groups in total. The van der Waals surface area contributed by atoms with Crippen LogP contribution in [0.3, 0.4) is 0 Å². The Bertz CT molecular complexity index is 905. The smallest absolute Gasteiger partial charge is 0.309 e. The third kappa shape index (κ3) is 5.32. The van der Waals surface area contributed by atoms with E-state index in [2.05, 4.69) is 10.6 Å². The molecular formula is C19H25N3O4S2. The maximum absolute atomic E-state index is 13.1. The van der Waals surface area contributed by atoms with E-state index in [4.69, 9.17) is 0 Å². The van der Waals surface area contributed by atoms with Crippen LogP contribution in [0.1, 0.15) is 24.7 Å². The molecule has 1 aromatic carbocycles. The fourth-order valence-corrected chi connectivity index (χ4v) is 5.42. The molecule has 2 amide bonds. The van der Waals surface area contributed by atoms with Gasteiger partial charge in [0.25, 0.3) is 0 Å². The van der Waals surface area contributed by atoms with Crippen molar-refractivity contribution in [2.45, 2.75) is 29.3 Å². The lowest BCUT2D eigenvalue weighted by molar-refractivity contribution is -0.139. The number of rotatable bonds is 7. The molecule has 0 radical (unpaired) electrons. The van der Waals surface area contributed by atoms with E-state index in [1.165, 1.54) is 6.07 Å². The van der Waals surface area contributed by atoms with Crippen molar-refractivity contribution in [2.24, 2.45) is 0 Å². The van der Waals surface area contributed by atoms with E-state index in [1.54, 1.807) is 37.4 Å². The minimum Gasteiger partial charge on any atom is -0.378 e. The minimum atomic E-state index is -3.73. The lowest BCUT2D eigenvalue weighted by atomic mass is 10.1. The van der Waals surface area contributed by atoms with Crippen LogP contribution in [-0.2, 0) is 19.4 Å². The van der Waals surface area contributed by atoms with Gasteiger partial charge < -0.3 is 15.5 Å². The monoisotopic (exact) mass is 423 g/mol. The molecule has 0 aliphatic rings. The average Bonchev–Trinajstić information content (AvgIpc) is 3.17. The first-order valence-electron chi connectivity index (χ1n) is 8.76. The van der Waals surface area contributed by atoms with Gasteiger partial charge in [-0.3, -0.25) is 9.59 Å². The molecule has 0 aliphatic heterocycles. The summed E-state index contributed by atoms with van der Waals surface area (Å²) < 4.78 is 26.5. The number of hydrogen-bond acceptors (Lipinski definition) is 6. The first-order chi connectivity index (χ1) is 13.1. The Hall–Kier alpha value is -2.39. The van der Waals surface area contributed by atoms with Crippen molar-refractivity contribution >= 4 is 38.7 Å². The van der Waals surface area contributed by atoms with Gasteiger partial charge >= 0.3 is 11.8 Å². The number of anilines is 1. The van der Waals surface area contributed by atoms with Gasteiger partial charge in [0.2, 0.25) is 0 Å². The van der Waals surface area contributed by atoms with Gasteiger partial charge in [-0.2, -0.15) is 0 Å². The number of nitrogens with zero attached hydrogens (tertiary/aromatic N) is 1. The molecule has 152 valence electrons. The van der Waals surface area contributed by atoms with Crippen LogP contribution in [0.5, 0.6) is 0 Å². The van der Waals surface area contributed by atoms with E-state index in [9.17, 15) is 18.0 Å². The predicted octanol–water partition coefficient (Wildman–Crippen LogP) is 1.97. The maximum atomic E-state index is 13.1. The van der Waals surface area contributed by atoms with Crippen LogP contribution in [-0.4, -0.2) is 46.9 Å². The van der Waals surface area contributed by atoms with E-state index in [0.717, 1.165) is 17.0 Å². The summed E-state index contributed by atoms with van der Waals surface area (Å²) in [4.78, 5) is 25.8. The van der Waals surface area contributed by atoms with E-state index in [1.807, 2.05) is 31.1 Å². The van der Waals surface area contributed by atoms with Gasteiger partial charge in [0, 0.05) is 32.4 Å². The lowest BCUT2D eigenvalue weighted by Gasteiger charge is -2.20. The number of nitrogens with one attached hydrogen (secondary N) is 2. The number of benzene rings is 1. The predicted molar refractivity (Wildman–Crippen MR) is 111 cm³/mol. The Labute approximate surface area is 169 Å². The molecule has 0 saturated heterocycles. The molecule has 0 aliphatic carbocycles. The Morgan fingerprint density at radius 3 is 2.21 bits per heavy atom. The molecule has 1 atom stereocenters. The fourth-order valence-electron chi connectivity index (χ4n) is 2.55. The van der Waals surface area contributed by atoms with E-state index < -0.39 is 26.9 Å². The van der Waals surface area contributed by atoms with E-state index in [-0.39, 0.29) is 16.8 Å². The number of carbonyl (C=O) groups is 2. The first-order valence-corrected chi connectivity index (χ1v) is 11.2. The number of carbonyl (C=O) groups excluding carboxylic acids is 2. The highest BCUT2D eigenvalue weighted by atomic mass is 32.2. The molecule has 28 heavy (non-hydrogen) atoms. The Morgan fingerprint density at radius 1 is 1.07 bits per heavy atom. The van der Waals surface area contributed by atoms with Gasteiger partial charge in [-0.15, -0.1) is 11.3 Å². The van der Waals surface area contributed by atoms with E-state index >= 15 is 0 Å². The normalized spacial score (nSPS) is 12.5. The largest absolute Gasteiger partial charge is 0.378 e. The summed E-state index contributed by atoms with van der Waals surface area (Å²) in [6.07, 6.45) is 0. The van der Waals surface area contributed by atoms with Crippen molar-refractivity contribution in [3.05, 3.63) is 47.3 Å². The first kappa shape index (κ1) is 21.9. The summed E-state index contributed by atoms with van der Waals surface area (Å²) in [5.41, 5.74) is 1.47. The highest BCUT2D eigenvalue weighted by molar-refractivity contribution is 7.93. The SMILES string of the molecule is CC(C)NC(=O)C(=O)NC[C@H](c1ccc(N(C)C)cc1)S(=O)(=O)c1cccs1. The van der Waals surface area contributed by atoms with Gasteiger partial charge in [0.15, 0.2) is 9.84 Å². The molecule has 7 nitrogen and oxygen atoms in total. The molecule has 1 aromatic heterocycles. The molecule has 0 saturated carbocycles. The third-order valence-electron chi connectivity index (χ3n) is 4.01. The summed E-state index contributed by atoms with van der Waals surface area (Å²) >= 11 is 1.12. The molecule has 9 heteroatoms. The Morgan fingerprint density at radius 2 is 1.71 bits per heavy atom. The summed E-state index contributed by atoms with van der Waals surface area (Å²) in [5, 5.41) is 5.63. The van der Waals surface area contributed by atoms with Gasteiger partial charge in [-0.1, -0.05) is 18.2 Å². The van der Waals surface area contributed by atoms with Crippen LogP contribution in [0.15, 0.2) is 46.0 Å². The molecule has 2 aromatic rings. The second-order valence-electron chi connectivity index (χ2n) is 6.79. The van der Waals surface area contributed by atoms with Crippen molar-refractivity contribution in [1.82, 2.24) is 10.6 Å². The molecule has 1 heterocycles. The highest BCUT2D eigenvalue weighted by Crippen LogP contribution is 2.32. The summed E-state index contributed by atoms with van der Waals surface area (Å²) in [5.74, 6) is -1.64. The van der Waals surface area contributed by atoms with Crippen molar-refractivity contribution in [3.63, 3.8) is 0 Å². The minimum absolute atomic E-state index is 0.192. The van der Waals surface area contributed by atoms with Crippen LogP contribution in [0.4, 0.5) is 5.69 Å². The topological polar surface area (TPSA) is 95.6 Å². The standard InChI is InChI=1S/C19H25N3O4S2/c1-13(2)21-19(24)18(23)20-12-16(28(25,26)17-6-5-11-27-17)14-7-9-15(10-8-14)22(3)4/h5-11,13,16H,12H2,1-4H3,(H,20,23)(H,21,24)/t16-/m1/s1. The number of amides is 2. The van der Waals surface area contributed by atoms with Crippen LogP contribution >= 0.6 is 11.3 Å². The summed E-state index contributed by atoms with van der Waals surface area (Å²) in [6.45, 7) is 3.27.